The molecule has 4 heteroatoms. The van der Waals surface area contributed by atoms with Crippen molar-refractivity contribution in [1.29, 1.82) is 0 Å². The van der Waals surface area contributed by atoms with Gasteiger partial charge in [0, 0.05) is 20.0 Å². The van der Waals surface area contributed by atoms with Crippen molar-refractivity contribution in [3.05, 3.63) is 0 Å². The first-order valence-electron chi connectivity index (χ1n) is 4.49. The van der Waals surface area contributed by atoms with Crippen LogP contribution < -0.4 is 0 Å². The Hall–Kier alpha value is -0.670. The molecule has 1 aliphatic heterocycles. The van der Waals surface area contributed by atoms with Gasteiger partial charge in [-0.05, 0) is 11.8 Å². The first-order chi connectivity index (χ1) is 5.82. The van der Waals surface area contributed by atoms with Gasteiger partial charge in [-0.3, -0.25) is 4.79 Å². The second-order valence-corrected chi connectivity index (χ2v) is 4.10. The monoisotopic (exact) mass is 191 g/mol. The van der Waals surface area contributed by atoms with Gasteiger partial charge in [-0.25, -0.2) is 0 Å². The van der Waals surface area contributed by atoms with Crippen LogP contribution in [0.1, 0.15) is 20.8 Å². The number of likely N-dealkylation sites (tertiary alicyclic amines) is 1. The molecule has 1 aliphatic rings. The minimum atomic E-state index is -3.21. The zero-order valence-corrected chi connectivity index (χ0v) is 8.18. The lowest BCUT2D eigenvalue weighted by Crippen LogP contribution is -2.56. The molecule has 0 aliphatic carbocycles. The zero-order valence-electron chi connectivity index (χ0n) is 8.18. The molecule has 0 N–H and O–H groups in total. The molecule has 0 atom stereocenters. The third-order valence-electron chi connectivity index (χ3n) is 2.52. The highest BCUT2D eigenvalue weighted by atomic mass is 19.3. The highest BCUT2D eigenvalue weighted by Gasteiger charge is 2.42. The Kier molecular flexibility index (Phi) is 2.59. The van der Waals surface area contributed by atoms with E-state index in [-0.39, 0.29) is 0 Å². The number of amides is 1. The molecule has 0 aromatic carbocycles. The van der Waals surface area contributed by atoms with Crippen LogP contribution in [0.5, 0.6) is 0 Å². The minimum Gasteiger partial charge on any atom is -0.337 e. The molecule has 0 saturated carbocycles. The summed E-state index contributed by atoms with van der Waals surface area (Å²) in [5.74, 6) is -3.38. The molecule has 0 unspecified atom stereocenters. The van der Waals surface area contributed by atoms with Crippen LogP contribution in [-0.4, -0.2) is 29.8 Å². The second-order valence-electron chi connectivity index (χ2n) is 4.10. The Labute approximate surface area is 76.9 Å². The van der Waals surface area contributed by atoms with Crippen molar-refractivity contribution in [3.63, 3.8) is 0 Å². The predicted molar refractivity (Wildman–Crippen MR) is 45.5 cm³/mol. The van der Waals surface area contributed by atoms with Crippen LogP contribution in [0.3, 0.4) is 0 Å². The van der Waals surface area contributed by atoms with Gasteiger partial charge in [-0.15, -0.1) is 0 Å². The standard InChI is InChI=1S/C9H15F2NO/c1-6(2)7-4-12(5-7)8(13)9(3,10)11/h6-7H,4-5H2,1-3H3. The summed E-state index contributed by atoms with van der Waals surface area (Å²) in [6, 6.07) is 0. The number of halogens is 2. The third kappa shape index (κ3) is 2.17. The van der Waals surface area contributed by atoms with Gasteiger partial charge in [-0.1, -0.05) is 13.8 Å². The summed E-state index contributed by atoms with van der Waals surface area (Å²) < 4.78 is 25.0. The Bertz CT molecular complexity index is 204. The lowest BCUT2D eigenvalue weighted by atomic mass is 9.88. The van der Waals surface area contributed by atoms with E-state index in [0.717, 1.165) is 0 Å². The van der Waals surface area contributed by atoms with Crippen LogP contribution in [0, 0.1) is 11.8 Å². The van der Waals surface area contributed by atoms with Crippen molar-refractivity contribution in [1.82, 2.24) is 4.90 Å². The van der Waals surface area contributed by atoms with E-state index in [1.54, 1.807) is 0 Å². The molecule has 76 valence electrons. The van der Waals surface area contributed by atoms with Gasteiger partial charge < -0.3 is 4.90 Å². The van der Waals surface area contributed by atoms with Crippen molar-refractivity contribution in [2.45, 2.75) is 26.7 Å². The topological polar surface area (TPSA) is 20.3 Å². The number of carbonyl (C=O) groups is 1. The minimum absolute atomic E-state index is 0.395. The Morgan fingerprint density at radius 3 is 2.23 bits per heavy atom. The van der Waals surface area contributed by atoms with E-state index < -0.39 is 11.8 Å². The first kappa shape index (κ1) is 10.4. The average Bonchev–Trinajstić information content (AvgIpc) is 1.80. The fourth-order valence-corrected chi connectivity index (χ4v) is 1.38. The van der Waals surface area contributed by atoms with Gasteiger partial charge in [0.25, 0.3) is 5.91 Å². The fraction of sp³-hybridized carbons (Fsp3) is 0.889. The number of nitrogens with zero attached hydrogens (tertiary/aromatic N) is 1. The summed E-state index contributed by atoms with van der Waals surface area (Å²) in [5.41, 5.74) is 0. The van der Waals surface area contributed by atoms with Crippen molar-refractivity contribution in [2.24, 2.45) is 11.8 Å². The molecule has 1 fully saturated rings. The van der Waals surface area contributed by atoms with Crippen LogP contribution in [-0.2, 0) is 4.79 Å². The number of rotatable bonds is 2. The quantitative estimate of drug-likeness (QED) is 0.651. The van der Waals surface area contributed by atoms with Crippen LogP contribution >= 0.6 is 0 Å². The van der Waals surface area contributed by atoms with Gasteiger partial charge in [0.2, 0.25) is 0 Å². The van der Waals surface area contributed by atoms with Crippen LogP contribution in [0.2, 0.25) is 0 Å². The first-order valence-corrected chi connectivity index (χ1v) is 4.49. The summed E-state index contributed by atoms with van der Waals surface area (Å²) in [4.78, 5) is 12.2. The van der Waals surface area contributed by atoms with Crippen LogP contribution in [0.25, 0.3) is 0 Å². The Morgan fingerprint density at radius 2 is 1.92 bits per heavy atom. The largest absolute Gasteiger partial charge is 0.337 e. The van der Waals surface area contributed by atoms with Gasteiger partial charge in [-0.2, -0.15) is 8.78 Å². The molecule has 0 aromatic rings. The van der Waals surface area contributed by atoms with Crippen molar-refractivity contribution < 1.29 is 13.6 Å². The van der Waals surface area contributed by atoms with Gasteiger partial charge in [0.15, 0.2) is 0 Å². The summed E-state index contributed by atoms with van der Waals surface area (Å²) in [7, 11) is 0. The van der Waals surface area contributed by atoms with E-state index >= 15 is 0 Å². The summed E-state index contributed by atoms with van der Waals surface area (Å²) in [6.07, 6.45) is 0. The lowest BCUT2D eigenvalue weighted by Gasteiger charge is -2.42. The van der Waals surface area contributed by atoms with E-state index in [9.17, 15) is 13.6 Å². The molecule has 1 heterocycles. The molecule has 2 nitrogen and oxygen atoms in total. The number of hydrogen-bond acceptors (Lipinski definition) is 1. The second kappa shape index (κ2) is 3.24. The number of carbonyl (C=O) groups excluding carboxylic acids is 1. The summed E-state index contributed by atoms with van der Waals surface area (Å²) in [6.45, 7) is 5.70. The third-order valence-corrected chi connectivity index (χ3v) is 2.52. The lowest BCUT2D eigenvalue weighted by molar-refractivity contribution is -0.162. The van der Waals surface area contributed by atoms with Crippen molar-refractivity contribution >= 4 is 5.91 Å². The summed E-state index contributed by atoms with van der Waals surface area (Å²) in [5, 5.41) is 0. The van der Waals surface area contributed by atoms with Crippen molar-refractivity contribution in [2.75, 3.05) is 13.1 Å². The molecule has 1 amide bonds. The van der Waals surface area contributed by atoms with E-state index in [1.807, 2.05) is 13.8 Å². The maximum absolute atomic E-state index is 12.5. The molecule has 0 radical (unpaired) electrons. The molecule has 1 rings (SSSR count). The van der Waals surface area contributed by atoms with Gasteiger partial charge >= 0.3 is 5.92 Å². The molecular weight excluding hydrogens is 176 g/mol. The Balaban J connectivity index is 2.40. The van der Waals surface area contributed by atoms with Gasteiger partial charge in [0.1, 0.15) is 0 Å². The predicted octanol–water partition coefficient (Wildman–Crippen LogP) is 1.76. The molecule has 13 heavy (non-hydrogen) atoms. The van der Waals surface area contributed by atoms with E-state index in [2.05, 4.69) is 0 Å². The Morgan fingerprint density at radius 1 is 1.46 bits per heavy atom. The maximum atomic E-state index is 12.5. The van der Waals surface area contributed by atoms with Crippen LogP contribution in [0.15, 0.2) is 0 Å². The fourth-order valence-electron chi connectivity index (χ4n) is 1.38. The highest BCUT2D eigenvalue weighted by molar-refractivity contribution is 5.83. The van der Waals surface area contributed by atoms with E-state index in [1.165, 1.54) is 4.90 Å². The SMILES string of the molecule is CC(C)C1CN(C(=O)C(C)(F)F)C1. The zero-order chi connectivity index (χ0) is 10.2. The molecule has 0 spiro atoms. The van der Waals surface area contributed by atoms with Crippen molar-refractivity contribution in [3.8, 4) is 0 Å². The van der Waals surface area contributed by atoms with Gasteiger partial charge in [0.05, 0.1) is 0 Å². The molecule has 1 saturated heterocycles. The molecule has 0 bridgehead atoms. The van der Waals surface area contributed by atoms with E-state index in [4.69, 9.17) is 0 Å². The molecular formula is C9H15F2NO. The normalized spacial score (nSPS) is 19.1. The molecule has 0 aromatic heterocycles. The van der Waals surface area contributed by atoms with E-state index in [0.29, 0.717) is 31.8 Å². The number of alkyl halides is 2. The number of hydrogen-bond donors (Lipinski definition) is 0. The van der Waals surface area contributed by atoms with Crippen LogP contribution in [0.4, 0.5) is 8.78 Å². The highest BCUT2D eigenvalue weighted by Crippen LogP contribution is 2.27. The summed E-state index contributed by atoms with van der Waals surface area (Å²) >= 11 is 0. The maximum Gasteiger partial charge on any atom is 0.322 e. The smallest absolute Gasteiger partial charge is 0.322 e. The average molecular weight is 191 g/mol.